The van der Waals surface area contributed by atoms with E-state index in [1.54, 1.807) is 24.3 Å². The van der Waals surface area contributed by atoms with Crippen molar-refractivity contribution < 1.29 is 4.79 Å². The van der Waals surface area contributed by atoms with Crippen LogP contribution in [0.5, 0.6) is 0 Å². The third-order valence-electron chi connectivity index (χ3n) is 3.41. The van der Waals surface area contributed by atoms with Gasteiger partial charge in [0.15, 0.2) is 4.34 Å². The Kier molecular flexibility index (Phi) is 6.45. The molecule has 1 unspecified atom stereocenters. The van der Waals surface area contributed by atoms with Crippen LogP contribution in [0.2, 0.25) is 0 Å². The molecule has 0 saturated heterocycles. The maximum absolute atomic E-state index is 12.3. The molecule has 0 aliphatic rings. The number of rotatable bonds is 6. The van der Waals surface area contributed by atoms with Crippen LogP contribution in [0.3, 0.4) is 0 Å². The summed E-state index contributed by atoms with van der Waals surface area (Å²) >= 11 is 6.16. The number of carbonyl (C=O) groups is 1. The standard InChI is InChI=1S/C18H14BrN5OS2/c1-11(16(25)21-14-7-5-12(10-20)6-8-14)26-18-24-23-17(27-18)22-15-4-2-3-13(19)9-15/h2-9,11H,1H3,(H,21,25)(H,22,23). The molecule has 0 aliphatic heterocycles. The predicted octanol–water partition coefficient (Wildman–Crippen LogP) is 5.04. The number of nitrogens with zero attached hydrogens (tertiary/aromatic N) is 3. The molecule has 136 valence electrons. The summed E-state index contributed by atoms with van der Waals surface area (Å²) in [7, 11) is 0. The van der Waals surface area contributed by atoms with Crippen molar-refractivity contribution in [3.8, 4) is 6.07 Å². The Labute approximate surface area is 173 Å². The summed E-state index contributed by atoms with van der Waals surface area (Å²) in [4.78, 5) is 12.3. The zero-order chi connectivity index (χ0) is 19.2. The van der Waals surface area contributed by atoms with Crippen LogP contribution in [0.4, 0.5) is 16.5 Å². The summed E-state index contributed by atoms with van der Waals surface area (Å²) in [5.74, 6) is -0.138. The van der Waals surface area contributed by atoms with E-state index >= 15 is 0 Å². The van der Waals surface area contributed by atoms with E-state index in [-0.39, 0.29) is 11.2 Å². The first-order valence-corrected chi connectivity index (χ1v) is 10.4. The summed E-state index contributed by atoms with van der Waals surface area (Å²) in [6.07, 6.45) is 0. The van der Waals surface area contributed by atoms with Crippen molar-refractivity contribution in [1.29, 1.82) is 5.26 Å². The zero-order valence-corrected chi connectivity index (χ0v) is 17.4. The van der Waals surface area contributed by atoms with Gasteiger partial charge in [0, 0.05) is 15.8 Å². The van der Waals surface area contributed by atoms with E-state index in [1.807, 2.05) is 37.3 Å². The zero-order valence-electron chi connectivity index (χ0n) is 14.1. The van der Waals surface area contributed by atoms with E-state index in [9.17, 15) is 4.79 Å². The van der Waals surface area contributed by atoms with Crippen LogP contribution in [-0.2, 0) is 4.79 Å². The Balaban J connectivity index is 1.57. The summed E-state index contributed by atoms with van der Waals surface area (Å²) in [5, 5.41) is 23.4. The molecule has 0 fully saturated rings. The molecule has 3 rings (SSSR count). The van der Waals surface area contributed by atoms with Gasteiger partial charge in [-0.25, -0.2) is 0 Å². The molecule has 2 N–H and O–H groups in total. The molecule has 0 aliphatic carbocycles. The fourth-order valence-corrected chi connectivity index (χ4v) is 4.39. The number of halogens is 1. The number of benzene rings is 2. The van der Waals surface area contributed by atoms with Crippen LogP contribution >= 0.6 is 39.0 Å². The van der Waals surface area contributed by atoms with Crippen LogP contribution in [0, 0.1) is 11.3 Å². The van der Waals surface area contributed by atoms with Gasteiger partial charge in [0.05, 0.1) is 16.9 Å². The quantitative estimate of drug-likeness (QED) is 0.501. The second kappa shape index (κ2) is 8.99. The average Bonchev–Trinajstić information content (AvgIpc) is 3.09. The number of thioether (sulfide) groups is 1. The van der Waals surface area contributed by atoms with Crippen molar-refractivity contribution in [2.24, 2.45) is 0 Å². The lowest BCUT2D eigenvalue weighted by Crippen LogP contribution is -2.22. The number of nitriles is 1. The first-order valence-electron chi connectivity index (χ1n) is 7.87. The highest BCUT2D eigenvalue weighted by molar-refractivity contribution is 9.10. The van der Waals surface area contributed by atoms with Gasteiger partial charge < -0.3 is 10.6 Å². The molecule has 3 aromatic rings. The van der Waals surface area contributed by atoms with Gasteiger partial charge in [-0.1, -0.05) is 45.1 Å². The van der Waals surface area contributed by atoms with Gasteiger partial charge in [0.1, 0.15) is 0 Å². The molecule has 0 radical (unpaired) electrons. The van der Waals surface area contributed by atoms with Crippen LogP contribution < -0.4 is 10.6 Å². The fraction of sp³-hybridized carbons (Fsp3) is 0.111. The fourth-order valence-electron chi connectivity index (χ4n) is 2.07. The van der Waals surface area contributed by atoms with Crippen molar-refractivity contribution in [3.63, 3.8) is 0 Å². The number of carbonyl (C=O) groups excluding carboxylic acids is 1. The highest BCUT2D eigenvalue weighted by Gasteiger charge is 2.17. The predicted molar refractivity (Wildman–Crippen MR) is 112 cm³/mol. The minimum atomic E-state index is -0.340. The topological polar surface area (TPSA) is 90.7 Å². The van der Waals surface area contributed by atoms with E-state index in [4.69, 9.17) is 5.26 Å². The molecule has 1 aromatic heterocycles. The van der Waals surface area contributed by atoms with Crippen LogP contribution in [0.1, 0.15) is 12.5 Å². The summed E-state index contributed by atoms with van der Waals surface area (Å²) < 4.78 is 1.68. The molecule has 1 atom stereocenters. The summed E-state index contributed by atoms with van der Waals surface area (Å²) in [6.45, 7) is 1.81. The van der Waals surface area contributed by atoms with E-state index in [0.29, 0.717) is 20.7 Å². The molecule has 1 heterocycles. The van der Waals surface area contributed by atoms with Crippen LogP contribution in [-0.4, -0.2) is 21.4 Å². The van der Waals surface area contributed by atoms with Gasteiger partial charge in [-0.3, -0.25) is 4.79 Å². The van der Waals surface area contributed by atoms with Crippen molar-refractivity contribution in [3.05, 3.63) is 58.6 Å². The second-order valence-electron chi connectivity index (χ2n) is 5.45. The van der Waals surface area contributed by atoms with Gasteiger partial charge in [-0.2, -0.15) is 5.26 Å². The summed E-state index contributed by atoms with van der Waals surface area (Å²) in [6, 6.07) is 16.5. The molecule has 0 bridgehead atoms. The smallest absolute Gasteiger partial charge is 0.237 e. The molecule has 27 heavy (non-hydrogen) atoms. The number of hydrogen-bond donors (Lipinski definition) is 2. The first-order chi connectivity index (χ1) is 13.0. The van der Waals surface area contributed by atoms with E-state index in [0.717, 1.165) is 10.2 Å². The Morgan fingerprint density at radius 1 is 1.22 bits per heavy atom. The Hall–Kier alpha value is -2.41. The third-order valence-corrected chi connectivity index (χ3v) is 5.93. The maximum atomic E-state index is 12.3. The number of hydrogen-bond acceptors (Lipinski definition) is 7. The number of anilines is 3. The number of nitrogens with one attached hydrogen (secondary N) is 2. The Morgan fingerprint density at radius 3 is 2.70 bits per heavy atom. The Bertz CT molecular complexity index is 984. The van der Waals surface area contributed by atoms with Crippen LogP contribution in [0.15, 0.2) is 57.3 Å². The molecular formula is C18H14BrN5OS2. The largest absolute Gasteiger partial charge is 0.330 e. The highest BCUT2D eigenvalue weighted by Crippen LogP contribution is 2.31. The molecular weight excluding hydrogens is 446 g/mol. The minimum Gasteiger partial charge on any atom is -0.330 e. The van der Waals surface area contributed by atoms with Crippen molar-refractivity contribution in [2.75, 3.05) is 10.6 Å². The molecule has 0 spiro atoms. The van der Waals surface area contributed by atoms with Crippen molar-refractivity contribution >= 4 is 61.4 Å². The van der Waals surface area contributed by atoms with E-state index in [2.05, 4.69) is 36.8 Å². The van der Waals surface area contributed by atoms with Crippen LogP contribution in [0.25, 0.3) is 0 Å². The third kappa shape index (κ3) is 5.53. The SMILES string of the molecule is CC(Sc1nnc(Nc2cccc(Br)c2)s1)C(=O)Nc1ccc(C#N)cc1. The molecule has 9 heteroatoms. The number of aromatic nitrogens is 2. The Morgan fingerprint density at radius 2 is 2.00 bits per heavy atom. The monoisotopic (exact) mass is 459 g/mol. The van der Waals surface area contributed by atoms with Gasteiger partial charge in [0.25, 0.3) is 0 Å². The molecule has 1 amide bonds. The molecule has 2 aromatic carbocycles. The van der Waals surface area contributed by atoms with Gasteiger partial charge >= 0.3 is 0 Å². The first kappa shape index (κ1) is 19.4. The van der Waals surface area contributed by atoms with Gasteiger partial charge in [0.2, 0.25) is 11.0 Å². The van der Waals surface area contributed by atoms with Gasteiger partial charge in [-0.05, 0) is 49.4 Å². The average molecular weight is 460 g/mol. The molecule has 0 saturated carbocycles. The number of amides is 1. The van der Waals surface area contributed by atoms with Crippen molar-refractivity contribution in [2.45, 2.75) is 16.5 Å². The minimum absolute atomic E-state index is 0.138. The summed E-state index contributed by atoms with van der Waals surface area (Å²) in [5.41, 5.74) is 2.11. The van der Waals surface area contributed by atoms with E-state index < -0.39 is 0 Å². The lowest BCUT2D eigenvalue weighted by Gasteiger charge is -2.10. The van der Waals surface area contributed by atoms with Gasteiger partial charge in [-0.15, -0.1) is 10.2 Å². The second-order valence-corrected chi connectivity index (χ2v) is 8.93. The lowest BCUT2D eigenvalue weighted by molar-refractivity contribution is -0.115. The maximum Gasteiger partial charge on any atom is 0.237 e. The normalized spacial score (nSPS) is 11.4. The highest BCUT2D eigenvalue weighted by atomic mass is 79.9. The lowest BCUT2D eigenvalue weighted by atomic mass is 10.2. The molecule has 6 nitrogen and oxygen atoms in total. The van der Waals surface area contributed by atoms with Crippen molar-refractivity contribution in [1.82, 2.24) is 10.2 Å². The van der Waals surface area contributed by atoms with E-state index in [1.165, 1.54) is 23.1 Å².